The van der Waals surface area contributed by atoms with Gasteiger partial charge in [-0.05, 0) is 129 Å². The first-order valence-electron chi connectivity index (χ1n) is 22.6. The molecule has 330 valence electrons. The second-order valence-corrected chi connectivity index (χ2v) is 31.8. The fraction of sp³-hybridized carbons (Fsp3) is 1.00. The quantitative estimate of drug-likeness (QED) is 0.130. The Bertz CT molecular complexity index is 1170. The van der Waals surface area contributed by atoms with Crippen LogP contribution in [-0.2, 0) is 18.6 Å². The maximum absolute atomic E-state index is 11.8. The Morgan fingerprint density at radius 2 is 1.39 bits per heavy atom. The number of aliphatic hydroxyl groups is 2. The first-order chi connectivity index (χ1) is 26.1. The topological polar surface area (TPSA) is 77.4 Å². The Hall–Kier alpha value is 1.38. The summed E-state index contributed by atoms with van der Waals surface area (Å²) < 4.78 is 27.8. The molecule has 6 nitrogen and oxygen atoms in total. The largest absolute Gasteiger partial charge is 0.414 e. The second-order valence-electron chi connectivity index (χ2n) is 20.6. The fourth-order valence-electron chi connectivity index (χ4n) is 9.33. The van der Waals surface area contributed by atoms with Crippen LogP contribution in [0.2, 0.25) is 18.1 Å². The zero-order valence-corrected chi connectivity index (χ0v) is 42.5. The number of hydrogen-bond donors (Lipinski definition) is 2. The monoisotopic (exact) mass is 879 g/mol. The van der Waals surface area contributed by atoms with Crippen molar-refractivity contribution >= 4 is 55.4 Å². The Labute approximate surface area is 363 Å². The summed E-state index contributed by atoms with van der Waals surface area (Å²) in [6, 6.07) is 0. The first-order valence-corrected chi connectivity index (χ1v) is 29.4. The van der Waals surface area contributed by atoms with E-state index in [1.165, 1.54) is 37.2 Å². The minimum atomic E-state index is -2.13. The van der Waals surface area contributed by atoms with Crippen LogP contribution in [0.4, 0.5) is 0 Å². The molecular weight excluding hydrogens is 793 g/mol. The van der Waals surface area contributed by atoms with Gasteiger partial charge in [-0.1, -0.05) is 69.2 Å². The van der Waals surface area contributed by atoms with Crippen molar-refractivity contribution in [3.8, 4) is 0 Å². The van der Waals surface area contributed by atoms with E-state index in [1.54, 1.807) is 7.11 Å². The van der Waals surface area contributed by atoms with Crippen molar-refractivity contribution in [1.82, 2.24) is 0 Å². The smallest absolute Gasteiger partial charge is 0.192 e. The van der Waals surface area contributed by atoms with Gasteiger partial charge in [0.05, 0.1) is 32.6 Å². The first kappa shape index (κ1) is 50.0. The highest BCUT2D eigenvalue weighted by atomic mass is 32.2. The molecule has 12 atom stereocenters. The highest BCUT2D eigenvalue weighted by Crippen LogP contribution is 2.55. The van der Waals surface area contributed by atoms with Crippen LogP contribution in [-0.4, -0.2) is 99.2 Å². The molecule has 0 aliphatic carbocycles. The van der Waals surface area contributed by atoms with Crippen LogP contribution in [0.15, 0.2) is 0 Å². The molecule has 4 fully saturated rings. The molecule has 4 aliphatic heterocycles. The Morgan fingerprint density at radius 1 is 0.821 bits per heavy atom. The number of aliphatic hydroxyl groups excluding tert-OH is 2. The zero-order valence-electron chi connectivity index (χ0n) is 38.2. The summed E-state index contributed by atoms with van der Waals surface area (Å²) in [6.45, 7) is 30.3. The molecule has 4 rings (SSSR count). The van der Waals surface area contributed by atoms with Crippen LogP contribution in [0.5, 0.6) is 0 Å². The van der Waals surface area contributed by atoms with Gasteiger partial charge in [0.2, 0.25) is 0 Å². The molecule has 0 aromatic rings. The molecule has 0 radical (unpaired) electrons. The van der Waals surface area contributed by atoms with Gasteiger partial charge in [0.1, 0.15) is 6.10 Å². The number of thioether (sulfide) groups is 4. The minimum Gasteiger partial charge on any atom is -0.414 e. The Balaban J connectivity index is 1.50. The van der Waals surface area contributed by atoms with Gasteiger partial charge in [-0.15, -0.1) is 47.0 Å². The lowest BCUT2D eigenvalue weighted by molar-refractivity contribution is -0.338. The second kappa shape index (κ2) is 21.2. The third-order valence-corrected chi connectivity index (χ3v) is 26.7. The number of methoxy groups -OCH3 is 1. The third-order valence-electron chi connectivity index (χ3n) is 14.8. The van der Waals surface area contributed by atoms with Crippen molar-refractivity contribution in [3.05, 3.63) is 0 Å². The summed E-state index contributed by atoms with van der Waals surface area (Å²) in [7, 11) is -0.510. The molecule has 0 aromatic carbocycles. The molecule has 0 amide bonds. The SMILES string of the molecule is CO[C@@H]([C@H](O)CC1([C@@H](C)[C@H](CC[C@@H](C)[C@@H]2O[C@]3(CC[C@@H](C)[C@H](CC[C@H](C)C4(C)SCCCS4)O3)CC[C@@H]2C)O[Si](C)(C)C(C)(C)C)SCCCS1)[C@H](O)C(C)C. The number of rotatable bonds is 18. The van der Waals surface area contributed by atoms with E-state index < -0.39 is 32.4 Å². The molecule has 56 heavy (non-hydrogen) atoms. The normalized spacial score (nSPS) is 32.7. The summed E-state index contributed by atoms with van der Waals surface area (Å²) >= 11 is 8.36. The van der Waals surface area contributed by atoms with E-state index >= 15 is 0 Å². The molecule has 0 aromatic heterocycles. The van der Waals surface area contributed by atoms with Crippen LogP contribution >= 0.6 is 47.0 Å². The van der Waals surface area contributed by atoms with Crippen molar-refractivity contribution in [2.45, 2.75) is 215 Å². The molecule has 0 bridgehead atoms. The van der Waals surface area contributed by atoms with Crippen LogP contribution < -0.4 is 0 Å². The van der Waals surface area contributed by atoms with Gasteiger partial charge in [-0.2, -0.15) is 0 Å². The van der Waals surface area contributed by atoms with E-state index in [-0.39, 0.29) is 39.3 Å². The van der Waals surface area contributed by atoms with Gasteiger partial charge in [-0.25, -0.2) is 0 Å². The lowest BCUT2D eigenvalue weighted by atomic mass is 9.79. The molecule has 11 heteroatoms. The molecule has 4 heterocycles. The maximum atomic E-state index is 11.8. The lowest BCUT2D eigenvalue weighted by Gasteiger charge is -2.51. The molecule has 4 saturated heterocycles. The van der Waals surface area contributed by atoms with Crippen molar-refractivity contribution in [3.63, 3.8) is 0 Å². The molecule has 0 unspecified atom stereocenters. The van der Waals surface area contributed by atoms with Gasteiger partial charge in [0.15, 0.2) is 14.1 Å². The van der Waals surface area contributed by atoms with E-state index in [0.717, 1.165) is 50.0 Å². The molecular formula is C45H86O6S4Si. The fourth-order valence-corrected chi connectivity index (χ4v) is 17.7. The highest BCUT2D eigenvalue weighted by Gasteiger charge is 2.51. The van der Waals surface area contributed by atoms with E-state index in [4.69, 9.17) is 18.6 Å². The Kier molecular flexibility index (Phi) is 18.9. The van der Waals surface area contributed by atoms with Gasteiger partial charge in [0.25, 0.3) is 0 Å². The van der Waals surface area contributed by atoms with Crippen LogP contribution in [0, 0.1) is 35.5 Å². The highest BCUT2D eigenvalue weighted by molar-refractivity contribution is 8.19. The van der Waals surface area contributed by atoms with E-state index in [9.17, 15) is 10.2 Å². The molecule has 4 aliphatic rings. The van der Waals surface area contributed by atoms with Crippen LogP contribution in [0.3, 0.4) is 0 Å². The Morgan fingerprint density at radius 3 is 1.95 bits per heavy atom. The van der Waals surface area contributed by atoms with Gasteiger partial charge < -0.3 is 28.8 Å². The third kappa shape index (κ3) is 12.5. The number of hydrogen-bond acceptors (Lipinski definition) is 10. The zero-order chi connectivity index (χ0) is 41.7. The standard InChI is InChI=1S/C45H86O6S4Si/c1-30(2)39(47)41(48-12)36(46)29-45(54-27-16-28-55-45)35(7)38(51-56(13,14)42(8,9)10)19-17-32(4)40-33(5)22-24-44(50-40)23-21-31(3)37(49-44)20-18-34(6)43(11)52-25-15-26-53-43/h30-41,46-47H,15-29H2,1-14H3/t31-,32-,33+,34+,35+,36-,37+,38+,39-,40+,41+,44-/m1/s1. The van der Waals surface area contributed by atoms with Crippen LogP contribution in [0.1, 0.15) is 147 Å². The predicted molar refractivity (Wildman–Crippen MR) is 250 cm³/mol. The minimum absolute atomic E-state index is 0.000444. The lowest BCUT2D eigenvalue weighted by Crippen LogP contribution is -2.54. The van der Waals surface area contributed by atoms with Gasteiger partial charge >= 0.3 is 0 Å². The average molecular weight is 880 g/mol. The molecule has 2 N–H and O–H groups in total. The summed E-state index contributed by atoms with van der Waals surface area (Å²) in [5.74, 6) is 6.55. The summed E-state index contributed by atoms with van der Waals surface area (Å²) in [6.07, 6.45) is 10.1. The van der Waals surface area contributed by atoms with E-state index in [2.05, 4.69) is 98.9 Å². The van der Waals surface area contributed by atoms with Crippen molar-refractivity contribution in [2.24, 2.45) is 35.5 Å². The van der Waals surface area contributed by atoms with Crippen molar-refractivity contribution in [1.29, 1.82) is 0 Å². The van der Waals surface area contributed by atoms with Crippen LogP contribution in [0.25, 0.3) is 0 Å². The summed E-state index contributed by atoms with van der Waals surface area (Å²) in [5.41, 5.74) is 0. The average Bonchev–Trinajstić information content (AvgIpc) is 3.14. The van der Waals surface area contributed by atoms with E-state index in [0.29, 0.717) is 34.2 Å². The number of ether oxygens (including phenoxy) is 3. The summed E-state index contributed by atoms with van der Waals surface area (Å²) in [4.78, 5) is 0. The van der Waals surface area contributed by atoms with Crippen molar-refractivity contribution in [2.75, 3.05) is 30.1 Å². The van der Waals surface area contributed by atoms with E-state index in [1.807, 2.05) is 37.4 Å². The molecule has 1 spiro atoms. The molecule has 0 saturated carbocycles. The summed E-state index contributed by atoms with van der Waals surface area (Å²) in [5, 5.41) is 22.9. The van der Waals surface area contributed by atoms with Gasteiger partial charge in [-0.3, -0.25) is 0 Å². The van der Waals surface area contributed by atoms with Crippen molar-refractivity contribution < 1.29 is 28.8 Å². The predicted octanol–water partition coefficient (Wildman–Crippen LogP) is 12.1. The van der Waals surface area contributed by atoms with Gasteiger partial charge in [0, 0.05) is 38.4 Å². The maximum Gasteiger partial charge on any atom is 0.192 e.